The van der Waals surface area contributed by atoms with Crippen LogP contribution in [0.2, 0.25) is 0 Å². The van der Waals surface area contributed by atoms with Gasteiger partial charge in [0.15, 0.2) is 0 Å². The number of alkyl halides is 3. The first-order chi connectivity index (χ1) is 18.0. The van der Waals surface area contributed by atoms with E-state index in [-0.39, 0.29) is 37.2 Å². The monoisotopic (exact) mass is 536 g/mol. The molecule has 1 amide bonds. The third-order valence-corrected chi connectivity index (χ3v) is 6.49. The molecule has 1 atom stereocenters. The molecule has 3 aromatic rings. The van der Waals surface area contributed by atoms with Crippen LogP contribution in [0.4, 0.5) is 26.3 Å². The van der Waals surface area contributed by atoms with Gasteiger partial charge in [-0.2, -0.15) is 13.2 Å². The van der Waals surface area contributed by atoms with Crippen molar-refractivity contribution in [2.24, 2.45) is 5.92 Å². The fourth-order valence-corrected chi connectivity index (χ4v) is 4.43. The zero-order valence-corrected chi connectivity index (χ0v) is 20.4. The van der Waals surface area contributed by atoms with E-state index >= 15 is 4.39 Å². The fourth-order valence-electron chi connectivity index (χ4n) is 4.43. The number of hydrogen-bond acceptors (Lipinski definition) is 3. The van der Waals surface area contributed by atoms with Crippen LogP contribution >= 0.6 is 0 Å². The van der Waals surface area contributed by atoms with Gasteiger partial charge in [-0.1, -0.05) is 18.2 Å². The van der Waals surface area contributed by atoms with Crippen molar-refractivity contribution in [2.45, 2.75) is 38.5 Å². The molecule has 202 valence electrons. The van der Waals surface area contributed by atoms with Gasteiger partial charge in [0.1, 0.15) is 17.5 Å². The van der Waals surface area contributed by atoms with E-state index in [9.17, 15) is 26.7 Å². The molecule has 0 spiro atoms. The van der Waals surface area contributed by atoms with E-state index in [1.165, 1.54) is 24.3 Å². The van der Waals surface area contributed by atoms with E-state index in [4.69, 9.17) is 5.11 Å². The Morgan fingerprint density at radius 3 is 2.39 bits per heavy atom. The van der Waals surface area contributed by atoms with E-state index in [0.717, 1.165) is 25.0 Å². The Morgan fingerprint density at radius 1 is 1.03 bits per heavy atom. The first-order valence-corrected chi connectivity index (χ1v) is 12.1. The maximum atomic E-state index is 15.8. The molecule has 0 heterocycles. The molecule has 1 aliphatic rings. The van der Waals surface area contributed by atoms with E-state index < -0.39 is 57.8 Å². The summed E-state index contributed by atoms with van der Waals surface area (Å²) in [7, 11) is 0. The molecule has 0 saturated heterocycles. The number of aliphatic hydroxyl groups is 1. The number of carbonyl (C=O) groups excluding carboxylic acids is 1. The average molecular weight is 537 g/mol. The van der Waals surface area contributed by atoms with Crippen molar-refractivity contribution >= 4 is 5.91 Å². The minimum atomic E-state index is -4.98. The Labute approximate surface area is 215 Å². The number of rotatable bonds is 9. The Balaban J connectivity index is 1.77. The van der Waals surface area contributed by atoms with Crippen molar-refractivity contribution in [3.63, 3.8) is 0 Å². The molecular weight excluding hydrogens is 510 g/mol. The molecule has 38 heavy (non-hydrogen) atoms. The summed E-state index contributed by atoms with van der Waals surface area (Å²) < 4.78 is 84.5. The quantitative estimate of drug-likeness (QED) is 0.230. The third-order valence-electron chi connectivity index (χ3n) is 6.49. The van der Waals surface area contributed by atoms with Crippen molar-refractivity contribution in [3.05, 3.63) is 93.8 Å². The van der Waals surface area contributed by atoms with Crippen LogP contribution in [0.5, 0.6) is 0 Å². The van der Waals surface area contributed by atoms with Crippen molar-refractivity contribution < 1.29 is 36.2 Å². The van der Waals surface area contributed by atoms with Crippen LogP contribution in [0.1, 0.15) is 51.5 Å². The summed E-state index contributed by atoms with van der Waals surface area (Å²) in [4.78, 5) is 13.4. The van der Waals surface area contributed by atoms with Crippen LogP contribution in [0, 0.1) is 30.3 Å². The number of aryl methyl sites for hydroxylation is 1. The zero-order valence-electron chi connectivity index (χ0n) is 20.4. The van der Waals surface area contributed by atoms with Crippen LogP contribution in [-0.4, -0.2) is 24.2 Å². The lowest BCUT2D eigenvalue weighted by Gasteiger charge is -2.21. The normalized spacial score (nSPS) is 14.4. The highest BCUT2D eigenvalue weighted by atomic mass is 19.4. The predicted molar refractivity (Wildman–Crippen MR) is 130 cm³/mol. The number of halogens is 6. The largest absolute Gasteiger partial charge is 0.417 e. The van der Waals surface area contributed by atoms with Gasteiger partial charge in [-0.3, -0.25) is 4.79 Å². The summed E-state index contributed by atoms with van der Waals surface area (Å²) in [5.74, 6) is -3.53. The van der Waals surface area contributed by atoms with Crippen LogP contribution in [0.25, 0.3) is 11.1 Å². The highest BCUT2D eigenvalue weighted by molar-refractivity contribution is 5.96. The maximum Gasteiger partial charge on any atom is 0.417 e. The first kappa shape index (κ1) is 27.7. The maximum absolute atomic E-state index is 15.8. The molecule has 4 rings (SSSR count). The summed E-state index contributed by atoms with van der Waals surface area (Å²) in [6.45, 7) is 1.56. The van der Waals surface area contributed by atoms with Gasteiger partial charge < -0.3 is 15.7 Å². The Bertz CT molecular complexity index is 1340. The topological polar surface area (TPSA) is 61.4 Å². The Morgan fingerprint density at radius 2 is 1.76 bits per heavy atom. The van der Waals surface area contributed by atoms with Gasteiger partial charge >= 0.3 is 6.18 Å². The standard InChI is InChI=1S/C28H26F6N2O2/c1-15-10-18(4-7-24(15)30)26(17-2-3-17)36-27(38)22-12-16(14-35-8-9-37)11-21(25(22)31)20-6-5-19(29)13-23(20)28(32,33)34/h4-7,10-13,17,26,35,37H,2-3,8-9,14H2,1H3,(H,36,38). The summed E-state index contributed by atoms with van der Waals surface area (Å²) in [6.07, 6.45) is -3.38. The molecule has 1 fully saturated rings. The highest BCUT2D eigenvalue weighted by Gasteiger charge is 2.37. The third kappa shape index (κ3) is 6.19. The van der Waals surface area contributed by atoms with Crippen molar-refractivity contribution in [1.82, 2.24) is 10.6 Å². The van der Waals surface area contributed by atoms with Crippen LogP contribution in [-0.2, 0) is 12.7 Å². The second-order valence-corrected chi connectivity index (χ2v) is 9.39. The molecule has 1 unspecified atom stereocenters. The number of nitrogens with one attached hydrogen (secondary N) is 2. The van der Waals surface area contributed by atoms with E-state index in [0.29, 0.717) is 11.1 Å². The Kier molecular flexibility index (Phi) is 8.13. The minimum Gasteiger partial charge on any atom is -0.395 e. The molecule has 3 aromatic carbocycles. The lowest BCUT2D eigenvalue weighted by molar-refractivity contribution is -0.137. The molecule has 0 aliphatic heterocycles. The summed E-state index contributed by atoms with van der Waals surface area (Å²) in [5, 5.41) is 14.7. The van der Waals surface area contributed by atoms with Gasteiger partial charge in [-0.05, 0) is 78.3 Å². The molecule has 10 heteroatoms. The van der Waals surface area contributed by atoms with Gasteiger partial charge in [0.25, 0.3) is 5.91 Å². The van der Waals surface area contributed by atoms with E-state index in [2.05, 4.69) is 10.6 Å². The summed E-state index contributed by atoms with van der Waals surface area (Å²) >= 11 is 0. The van der Waals surface area contributed by atoms with Crippen molar-refractivity contribution in [1.29, 1.82) is 0 Å². The van der Waals surface area contributed by atoms with Crippen LogP contribution < -0.4 is 10.6 Å². The van der Waals surface area contributed by atoms with Gasteiger partial charge in [0.05, 0.1) is 23.8 Å². The average Bonchev–Trinajstić information content (AvgIpc) is 3.70. The summed E-state index contributed by atoms with van der Waals surface area (Å²) in [5.41, 5.74) is -1.67. The van der Waals surface area contributed by atoms with E-state index in [1.54, 1.807) is 13.0 Å². The molecule has 0 bridgehead atoms. The number of amides is 1. The SMILES string of the molecule is Cc1cc(C(NC(=O)c2cc(CNCCO)cc(-c3ccc(F)cc3C(F)(F)F)c2F)C2CC2)ccc1F. The fraction of sp³-hybridized carbons (Fsp3) is 0.321. The lowest BCUT2D eigenvalue weighted by atomic mass is 9.93. The number of hydrogen-bond donors (Lipinski definition) is 3. The lowest BCUT2D eigenvalue weighted by Crippen LogP contribution is -2.31. The second kappa shape index (κ2) is 11.2. The van der Waals surface area contributed by atoms with Gasteiger partial charge in [0, 0.05) is 18.7 Å². The molecular formula is C28H26F6N2O2. The second-order valence-electron chi connectivity index (χ2n) is 9.39. The molecule has 0 radical (unpaired) electrons. The van der Waals surface area contributed by atoms with Gasteiger partial charge in [0.2, 0.25) is 0 Å². The first-order valence-electron chi connectivity index (χ1n) is 12.1. The predicted octanol–water partition coefficient (Wildman–Crippen LogP) is 6.06. The number of carbonyl (C=O) groups is 1. The van der Waals surface area contributed by atoms with E-state index in [1.807, 2.05) is 0 Å². The molecule has 3 N–H and O–H groups in total. The van der Waals surface area contributed by atoms with Gasteiger partial charge in [-0.15, -0.1) is 0 Å². The molecule has 1 aliphatic carbocycles. The molecule has 1 saturated carbocycles. The van der Waals surface area contributed by atoms with Crippen LogP contribution in [0.15, 0.2) is 48.5 Å². The molecule has 4 nitrogen and oxygen atoms in total. The Hall–Kier alpha value is -3.37. The van der Waals surface area contributed by atoms with Crippen LogP contribution in [0.3, 0.4) is 0 Å². The highest BCUT2D eigenvalue weighted by Crippen LogP contribution is 2.42. The molecule has 0 aromatic heterocycles. The van der Waals surface area contributed by atoms with Crippen molar-refractivity contribution in [2.75, 3.05) is 13.2 Å². The number of aliphatic hydroxyl groups excluding tert-OH is 1. The van der Waals surface area contributed by atoms with Gasteiger partial charge in [-0.25, -0.2) is 13.2 Å². The minimum absolute atomic E-state index is 0.0277. The number of benzene rings is 3. The smallest absolute Gasteiger partial charge is 0.395 e. The zero-order chi connectivity index (χ0) is 27.6. The van der Waals surface area contributed by atoms with Crippen molar-refractivity contribution in [3.8, 4) is 11.1 Å². The summed E-state index contributed by atoms with van der Waals surface area (Å²) in [6, 6.07) is 8.18.